The summed E-state index contributed by atoms with van der Waals surface area (Å²) in [5, 5.41) is 7.68. The number of benzene rings is 2. The Morgan fingerprint density at radius 3 is 2.38 bits per heavy atom. The van der Waals surface area contributed by atoms with Crippen molar-refractivity contribution in [2.75, 3.05) is 38.2 Å². The topological polar surface area (TPSA) is 44.4 Å². The Morgan fingerprint density at radius 2 is 1.69 bits per heavy atom. The van der Waals surface area contributed by atoms with E-state index in [0.717, 1.165) is 55.5 Å². The van der Waals surface area contributed by atoms with Crippen molar-refractivity contribution < 1.29 is 4.74 Å². The van der Waals surface area contributed by atoms with Crippen molar-refractivity contribution >= 4 is 5.82 Å². The van der Waals surface area contributed by atoms with Crippen LogP contribution in [0.5, 0.6) is 5.75 Å². The van der Waals surface area contributed by atoms with E-state index in [1.54, 1.807) is 7.11 Å². The lowest BCUT2D eigenvalue weighted by Crippen LogP contribution is -2.46. The average Bonchev–Trinajstić information content (AvgIpc) is 3.20. The van der Waals surface area contributed by atoms with Gasteiger partial charge in [0.25, 0.3) is 0 Å². The minimum absolute atomic E-state index is 0.864. The zero-order valence-corrected chi connectivity index (χ0v) is 15.1. The lowest BCUT2D eigenvalue weighted by atomic mass is 10.1. The molecule has 0 aliphatic carbocycles. The fourth-order valence-electron chi connectivity index (χ4n) is 3.37. The Morgan fingerprint density at radius 1 is 0.962 bits per heavy atom. The highest BCUT2D eigenvalue weighted by molar-refractivity contribution is 5.64. The molecule has 0 spiro atoms. The minimum Gasteiger partial charge on any atom is -0.497 e. The van der Waals surface area contributed by atoms with E-state index in [-0.39, 0.29) is 0 Å². The quantitative estimate of drug-likeness (QED) is 0.767. The molecule has 3 aromatic rings. The van der Waals surface area contributed by atoms with Gasteiger partial charge in [0.05, 0.1) is 12.8 Å². The summed E-state index contributed by atoms with van der Waals surface area (Å²) < 4.78 is 5.22. The van der Waals surface area contributed by atoms with E-state index >= 15 is 0 Å². The van der Waals surface area contributed by atoms with Crippen LogP contribution in [0, 0.1) is 0 Å². The summed E-state index contributed by atoms with van der Waals surface area (Å²) >= 11 is 0. The van der Waals surface area contributed by atoms with Crippen LogP contribution in [0.4, 0.5) is 5.82 Å². The zero-order chi connectivity index (χ0) is 17.8. The molecule has 1 aliphatic rings. The molecule has 0 saturated carbocycles. The summed E-state index contributed by atoms with van der Waals surface area (Å²) in [7, 11) is 1.68. The molecule has 0 unspecified atom stereocenters. The summed E-state index contributed by atoms with van der Waals surface area (Å²) in [6.07, 6.45) is 0. The molecule has 1 aliphatic heterocycles. The lowest BCUT2D eigenvalue weighted by molar-refractivity contribution is 0.249. The van der Waals surface area contributed by atoms with Crippen molar-refractivity contribution in [3.05, 3.63) is 66.2 Å². The second-order valence-corrected chi connectivity index (χ2v) is 6.62. The Kier molecular flexibility index (Phi) is 4.88. The molecule has 1 aromatic heterocycles. The smallest absolute Gasteiger partial charge is 0.151 e. The highest BCUT2D eigenvalue weighted by Crippen LogP contribution is 2.24. The van der Waals surface area contributed by atoms with Gasteiger partial charge in [-0.25, -0.2) is 0 Å². The second-order valence-electron chi connectivity index (χ2n) is 6.62. The number of H-pyrrole nitrogens is 1. The van der Waals surface area contributed by atoms with Crippen LogP contribution in [0.2, 0.25) is 0 Å². The largest absolute Gasteiger partial charge is 0.497 e. The van der Waals surface area contributed by atoms with Gasteiger partial charge in [-0.05, 0) is 35.4 Å². The van der Waals surface area contributed by atoms with E-state index < -0.39 is 0 Å². The fourth-order valence-corrected chi connectivity index (χ4v) is 3.37. The van der Waals surface area contributed by atoms with Crippen LogP contribution in [0.1, 0.15) is 5.56 Å². The minimum atomic E-state index is 0.864. The van der Waals surface area contributed by atoms with Crippen molar-refractivity contribution in [3.63, 3.8) is 0 Å². The molecule has 1 fully saturated rings. The second kappa shape index (κ2) is 7.62. The standard InChI is InChI=1S/C21H24N4O/c1-26-19-9-7-18(8-10-19)20-15-21(23-22-20)25-13-11-24(12-14-25)16-17-5-3-2-4-6-17/h2-10,15H,11-14,16H2,1H3,(H,22,23). The van der Waals surface area contributed by atoms with Crippen molar-refractivity contribution in [1.29, 1.82) is 0 Å². The van der Waals surface area contributed by atoms with Gasteiger partial charge in [-0.3, -0.25) is 10.00 Å². The number of piperazine rings is 1. The van der Waals surface area contributed by atoms with Crippen LogP contribution < -0.4 is 9.64 Å². The molecule has 5 nitrogen and oxygen atoms in total. The molecular formula is C21H24N4O. The molecule has 0 bridgehead atoms. The number of methoxy groups -OCH3 is 1. The van der Waals surface area contributed by atoms with Crippen LogP contribution in [0.15, 0.2) is 60.7 Å². The van der Waals surface area contributed by atoms with Crippen molar-refractivity contribution in [3.8, 4) is 17.0 Å². The molecular weight excluding hydrogens is 324 g/mol. The molecule has 0 amide bonds. The highest BCUT2D eigenvalue weighted by Gasteiger charge is 2.19. The maximum absolute atomic E-state index is 5.22. The first-order valence-electron chi connectivity index (χ1n) is 9.03. The summed E-state index contributed by atoms with van der Waals surface area (Å²) in [4.78, 5) is 4.86. The molecule has 2 aromatic carbocycles. The first kappa shape index (κ1) is 16.7. The SMILES string of the molecule is COc1ccc(-c2cc(N3CCN(Cc4ccccc4)CC3)n[nH]2)cc1. The number of nitrogens with one attached hydrogen (secondary N) is 1. The van der Waals surface area contributed by atoms with Crippen molar-refractivity contribution in [2.45, 2.75) is 6.54 Å². The van der Waals surface area contributed by atoms with Crippen LogP contribution in [0.25, 0.3) is 11.3 Å². The van der Waals surface area contributed by atoms with Crippen LogP contribution in [-0.4, -0.2) is 48.4 Å². The maximum atomic E-state index is 5.22. The monoisotopic (exact) mass is 348 g/mol. The number of aromatic nitrogens is 2. The summed E-state index contributed by atoms with van der Waals surface area (Å²) in [6, 6.07) is 20.8. The number of hydrogen-bond acceptors (Lipinski definition) is 4. The van der Waals surface area contributed by atoms with Gasteiger partial charge in [0.15, 0.2) is 5.82 Å². The van der Waals surface area contributed by atoms with E-state index in [0.29, 0.717) is 0 Å². The highest BCUT2D eigenvalue weighted by atomic mass is 16.5. The van der Waals surface area contributed by atoms with Gasteiger partial charge in [-0.1, -0.05) is 30.3 Å². The van der Waals surface area contributed by atoms with Gasteiger partial charge in [0.2, 0.25) is 0 Å². The molecule has 2 heterocycles. The van der Waals surface area contributed by atoms with Crippen LogP contribution in [-0.2, 0) is 6.54 Å². The molecule has 5 heteroatoms. The van der Waals surface area contributed by atoms with Crippen LogP contribution in [0.3, 0.4) is 0 Å². The van der Waals surface area contributed by atoms with E-state index in [9.17, 15) is 0 Å². The van der Waals surface area contributed by atoms with Gasteiger partial charge >= 0.3 is 0 Å². The average molecular weight is 348 g/mol. The Bertz CT molecular complexity index is 821. The number of ether oxygens (including phenoxy) is 1. The molecule has 0 atom stereocenters. The van der Waals surface area contributed by atoms with Gasteiger partial charge in [-0.2, -0.15) is 5.10 Å². The van der Waals surface area contributed by atoms with Crippen molar-refractivity contribution in [1.82, 2.24) is 15.1 Å². The first-order chi connectivity index (χ1) is 12.8. The maximum Gasteiger partial charge on any atom is 0.151 e. The van der Waals surface area contributed by atoms with E-state index in [2.05, 4.69) is 56.4 Å². The van der Waals surface area contributed by atoms with Crippen molar-refractivity contribution in [2.24, 2.45) is 0 Å². The number of rotatable bonds is 5. The van der Waals surface area contributed by atoms with Gasteiger partial charge in [-0.15, -0.1) is 0 Å². The molecule has 1 saturated heterocycles. The number of anilines is 1. The fraction of sp³-hybridized carbons (Fsp3) is 0.286. The van der Waals surface area contributed by atoms with E-state index in [1.165, 1.54) is 5.56 Å². The molecule has 1 N–H and O–H groups in total. The molecule has 134 valence electrons. The molecule has 0 radical (unpaired) electrons. The predicted molar refractivity (Wildman–Crippen MR) is 105 cm³/mol. The normalized spacial score (nSPS) is 15.2. The molecule has 4 rings (SSSR count). The Hall–Kier alpha value is -2.79. The Balaban J connectivity index is 1.36. The molecule has 26 heavy (non-hydrogen) atoms. The Labute approximate surface area is 154 Å². The summed E-state index contributed by atoms with van der Waals surface area (Å²) in [5.74, 6) is 1.89. The summed E-state index contributed by atoms with van der Waals surface area (Å²) in [6.45, 7) is 5.13. The zero-order valence-electron chi connectivity index (χ0n) is 15.1. The van der Waals surface area contributed by atoms with E-state index in [1.807, 2.05) is 24.3 Å². The van der Waals surface area contributed by atoms with Crippen LogP contribution >= 0.6 is 0 Å². The lowest BCUT2D eigenvalue weighted by Gasteiger charge is -2.34. The van der Waals surface area contributed by atoms with Gasteiger partial charge < -0.3 is 9.64 Å². The third-order valence-corrected chi connectivity index (χ3v) is 4.91. The summed E-state index contributed by atoms with van der Waals surface area (Å²) in [5.41, 5.74) is 3.53. The number of aromatic amines is 1. The van der Waals surface area contributed by atoms with Gasteiger partial charge in [0.1, 0.15) is 5.75 Å². The van der Waals surface area contributed by atoms with E-state index in [4.69, 9.17) is 4.74 Å². The first-order valence-corrected chi connectivity index (χ1v) is 9.03. The number of hydrogen-bond donors (Lipinski definition) is 1. The predicted octanol–water partition coefficient (Wildman–Crippen LogP) is 3.41. The third kappa shape index (κ3) is 3.73. The number of nitrogens with zero attached hydrogens (tertiary/aromatic N) is 3. The third-order valence-electron chi connectivity index (χ3n) is 4.91. The van der Waals surface area contributed by atoms with Gasteiger partial charge in [0, 0.05) is 38.8 Å².